The first-order valence-corrected chi connectivity index (χ1v) is 7.95. The smallest absolute Gasteiger partial charge is 0.254 e. The lowest BCUT2D eigenvalue weighted by atomic mass is 10.0. The van der Waals surface area contributed by atoms with E-state index in [0.717, 1.165) is 41.1 Å². The molecule has 1 aliphatic rings. The lowest BCUT2D eigenvalue weighted by Crippen LogP contribution is -2.36. The van der Waals surface area contributed by atoms with Crippen LogP contribution in [0.4, 0.5) is 0 Å². The van der Waals surface area contributed by atoms with Gasteiger partial charge in [0.2, 0.25) is 0 Å². The van der Waals surface area contributed by atoms with E-state index in [-0.39, 0.29) is 5.91 Å². The van der Waals surface area contributed by atoms with Crippen molar-refractivity contribution in [3.05, 3.63) is 70.7 Å². The highest BCUT2D eigenvalue weighted by Crippen LogP contribution is 2.22. The Morgan fingerprint density at radius 2 is 2.00 bits per heavy atom. The summed E-state index contributed by atoms with van der Waals surface area (Å²) in [6.45, 7) is 5.45. The van der Waals surface area contributed by atoms with Crippen LogP contribution >= 0.6 is 0 Å². The lowest BCUT2D eigenvalue weighted by Gasteiger charge is -2.27. The average molecular weight is 305 g/mol. The molecule has 4 nitrogen and oxygen atoms in total. The first kappa shape index (κ1) is 14.0. The van der Waals surface area contributed by atoms with Gasteiger partial charge in [0.15, 0.2) is 0 Å². The average Bonchev–Trinajstić information content (AvgIpc) is 2.94. The largest absolute Gasteiger partial charge is 0.332 e. The molecule has 1 aromatic carbocycles. The molecule has 4 rings (SSSR count). The van der Waals surface area contributed by atoms with E-state index in [9.17, 15) is 4.79 Å². The number of aromatic nitrogens is 2. The van der Waals surface area contributed by atoms with Crippen molar-refractivity contribution in [2.75, 3.05) is 6.54 Å². The van der Waals surface area contributed by atoms with Gasteiger partial charge in [0.25, 0.3) is 5.91 Å². The molecule has 0 bridgehead atoms. The van der Waals surface area contributed by atoms with Crippen LogP contribution < -0.4 is 0 Å². The molecule has 1 aliphatic heterocycles. The van der Waals surface area contributed by atoms with Crippen molar-refractivity contribution in [3.63, 3.8) is 0 Å². The third-order valence-corrected chi connectivity index (χ3v) is 4.71. The fourth-order valence-electron chi connectivity index (χ4n) is 3.19. The number of aryl methyl sites for hydroxylation is 2. The molecule has 0 spiro atoms. The van der Waals surface area contributed by atoms with E-state index in [1.165, 1.54) is 5.56 Å². The number of benzene rings is 1. The van der Waals surface area contributed by atoms with Crippen LogP contribution in [0.3, 0.4) is 0 Å². The van der Waals surface area contributed by atoms with Crippen molar-refractivity contribution < 1.29 is 4.79 Å². The second-order valence-corrected chi connectivity index (χ2v) is 6.21. The molecule has 3 aromatic rings. The molecule has 116 valence electrons. The molecule has 0 radical (unpaired) electrons. The summed E-state index contributed by atoms with van der Waals surface area (Å²) in [7, 11) is 0. The van der Waals surface area contributed by atoms with Crippen LogP contribution in [0.2, 0.25) is 0 Å². The van der Waals surface area contributed by atoms with Crippen molar-refractivity contribution in [2.24, 2.45) is 0 Å². The van der Waals surface area contributed by atoms with Gasteiger partial charge in [0.05, 0.1) is 17.9 Å². The lowest BCUT2D eigenvalue weighted by molar-refractivity contribution is 0.0731. The van der Waals surface area contributed by atoms with Crippen molar-refractivity contribution in [1.29, 1.82) is 0 Å². The van der Waals surface area contributed by atoms with Crippen molar-refractivity contribution in [1.82, 2.24) is 14.3 Å². The Kier molecular flexibility index (Phi) is 3.18. The molecule has 23 heavy (non-hydrogen) atoms. The van der Waals surface area contributed by atoms with E-state index in [4.69, 9.17) is 0 Å². The normalized spacial score (nSPS) is 14.1. The van der Waals surface area contributed by atoms with Gasteiger partial charge < -0.3 is 9.30 Å². The number of imidazole rings is 1. The maximum absolute atomic E-state index is 12.8. The minimum absolute atomic E-state index is 0.102. The quantitative estimate of drug-likeness (QED) is 0.692. The van der Waals surface area contributed by atoms with Gasteiger partial charge in [-0.15, -0.1) is 0 Å². The van der Waals surface area contributed by atoms with Gasteiger partial charge in [-0.25, -0.2) is 4.98 Å². The van der Waals surface area contributed by atoms with E-state index < -0.39 is 0 Å². The first-order chi connectivity index (χ1) is 11.1. The van der Waals surface area contributed by atoms with Gasteiger partial charge in [-0.05, 0) is 49.2 Å². The highest BCUT2D eigenvalue weighted by molar-refractivity contribution is 5.94. The zero-order valence-electron chi connectivity index (χ0n) is 13.4. The van der Waals surface area contributed by atoms with Gasteiger partial charge in [-0.3, -0.25) is 4.79 Å². The summed E-state index contributed by atoms with van der Waals surface area (Å²) < 4.78 is 2.09. The Morgan fingerprint density at radius 1 is 1.13 bits per heavy atom. The molecule has 0 N–H and O–H groups in total. The third-order valence-electron chi connectivity index (χ3n) is 4.71. The number of hydrogen-bond acceptors (Lipinski definition) is 2. The molecule has 0 saturated heterocycles. The summed E-state index contributed by atoms with van der Waals surface area (Å²) in [4.78, 5) is 19.4. The molecule has 0 aliphatic carbocycles. The Labute approximate surface area is 135 Å². The predicted octanol–water partition coefficient (Wildman–Crippen LogP) is 3.15. The zero-order chi connectivity index (χ0) is 16.0. The Balaban J connectivity index is 1.67. The topological polar surface area (TPSA) is 37.6 Å². The highest BCUT2D eigenvalue weighted by atomic mass is 16.2. The number of pyridine rings is 1. The molecule has 0 atom stereocenters. The summed E-state index contributed by atoms with van der Waals surface area (Å²) in [6.07, 6.45) is 2.83. The second-order valence-electron chi connectivity index (χ2n) is 6.21. The number of hydrogen-bond donors (Lipinski definition) is 0. The van der Waals surface area contributed by atoms with E-state index in [0.29, 0.717) is 6.54 Å². The summed E-state index contributed by atoms with van der Waals surface area (Å²) in [6, 6.07) is 11.9. The highest BCUT2D eigenvalue weighted by Gasteiger charge is 2.25. The monoisotopic (exact) mass is 305 g/mol. The predicted molar refractivity (Wildman–Crippen MR) is 89.6 cm³/mol. The number of carbonyl (C=O) groups excluding carboxylic acids is 1. The summed E-state index contributed by atoms with van der Waals surface area (Å²) in [5.74, 6) is 0.102. The number of rotatable bonds is 1. The summed E-state index contributed by atoms with van der Waals surface area (Å²) >= 11 is 0. The van der Waals surface area contributed by atoms with Crippen LogP contribution in [0.15, 0.2) is 42.6 Å². The number of nitrogens with zero attached hydrogens (tertiary/aromatic N) is 3. The van der Waals surface area contributed by atoms with E-state index in [2.05, 4.69) is 16.3 Å². The molecule has 2 aromatic heterocycles. The molecule has 3 heterocycles. The molecule has 1 amide bonds. The van der Waals surface area contributed by atoms with Crippen molar-refractivity contribution in [2.45, 2.75) is 26.8 Å². The van der Waals surface area contributed by atoms with Crippen LogP contribution in [0.25, 0.3) is 5.65 Å². The SMILES string of the molecule is Cc1ccc(C(=O)N2CCc3nc4ccccn4c3C2)cc1C. The molecular weight excluding hydrogens is 286 g/mol. The van der Waals surface area contributed by atoms with Crippen LogP contribution in [-0.2, 0) is 13.0 Å². The number of fused-ring (bicyclic) bond motifs is 3. The second kappa shape index (κ2) is 5.23. The molecule has 0 unspecified atom stereocenters. The van der Waals surface area contributed by atoms with Crippen molar-refractivity contribution >= 4 is 11.6 Å². The van der Waals surface area contributed by atoms with Gasteiger partial charge in [-0.2, -0.15) is 0 Å². The number of carbonyl (C=O) groups is 1. The maximum Gasteiger partial charge on any atom is 0.254 e. The van der Waals surface area contributed by atoms with E-state index in [1.807, 2.05) is 54.4 Å². The van der Waals surface area contributed by atoms with Gasteiger partial charge in [-0.1, -0.05) is 12.1 Å². The Bertz CT molecular complexity index is 910. The molecular formula is C19H19N3O. The van der Waals surface area contributed by atoms with Gasteiger partial charge in [0.1, 0.15) is 5.65 Å². The summed E-state index contributed by atoms with van der Waals surface area (Å²) in [5.41, 5.74) is 6.33. The van der Waals surface area contributed by atoms with Crippen molar-refractivity contribution in [3.8, 4) is 0 Å². The first-order valence-electron chi connectivity index (χ1n) is 7.95. The Hall–Kier alpha value is -2.62. The van der Waals surface area contributed by atoms with Crippen LogP contribution in [0.5, 0.6) is 0 Å². The minimum atomic E-state index is 0.102. The Morgan fingerprint density at radius 3 is 2.83 bits per heavy atom. The maximum atomic E-state index is 12.8. The fourth-order valence-corrected chi connectivity index (χ4v) is 3.19. The van der Waals surface area contributed by atoms with Crippen LogP contribution in [-0.4, -0.2) is 26.7 Å². The fraction of sp³-hybridized carbons (Fsp3) is 0.263. The molecule has 4 heteroatoms. The van der Waals surface area contributed by atoms with Gasteiger partial charge >= 0.3 is 0 Å². The van der Waals surface area contributed by atoms with E-state index in [1.54, 1.807) is 0 Å². The van der Waals surface area contributed by atoms with E-state index >= 15 is 0 Å². The minimum Gasteiger partial charge on any atom is -0.332 e. The zero-order valence-corrected chi connectivity index (χ0v) is 13.4. The standard InChI is InChI=1S/C19H19N3O/c1-13-6-7-15(11-14(13)2)19(23)21-10-8-16-17(12-21)22-9-4-3-5-18(22)20-16/h3-7,9,11H,8,10,12H2,1-2H3. The third kappa shape index (κ3) is 2.31. The van der Waals surface area contributed by atoms with Crippen LogP contribution in [0, 0.1) is 13.8 Å². The summed E-state index contributed by atoms with van der Waals surface area (Å²) in [5, 5.41) is 0. The molecule has 0 fully saturated rings. The number of amides is 1. The van der Waals surface area contributed by atoms with Gasteiger partial charge in [0, 0.05) is 24.7 Å². The molecule has 0 saturated carbocycles. The van der Waals surface area contributed by atoms with Crippen LogP contribution in [0.1, 0.15) is 32.9 Å².